The van der Waals surface area contributed by atoms with Crippen LogP contribution < -0.4 is 24.0 Å². The van der Waals surface area contributed by atoms with Crippen molar-refractivity contribution >= 4 is 5.91 Å². The van der Waals surface area contributed by atoms with E-state index in [2.05, 4.69) is 26.3 Å². The van der Waals surface area contributed by atoms with Gasteiger partial charge in [0.2, 0.25) is 5.91 Å². The number of carbonyl (C=O) groups excluding carboxylic acids is 1. The summed E-state index contributed by atoms with van der Waals surface area (Å²) in [7, 11) is -0.711. The van der Waals surface area contributed by atoms with Crippen LogP contribution in [0.25, 0.3) is 0 Å². The number of nitrogens with zero attached hydrogens (tertiary/aromatic N) is 1. The smallest absolute Gasteiger partial charge is 0.219 e. The minimum Gasteiger partial charge on any atom is -0.391 e. The Morgan fingerprint density at radius 1 is 0.750 bits per heavy atom. The Balaban J connectivity index is 0. The third-order valence-electron chi connectivity index (χ3n) is 5.48. The second-order valence-electron chi connectivity index (χ2n) is 9.18. The molecule has 0 heterocycles. The number of amides is 1. The molecule has 0 aromatic heterocycles. The Labute approximate surface area is 198 Å². The van der Waals surface area contributed by atoms with E-state index in [9.17, 15) is 4.79 Å². The Bertz CT molecular complexity index is 414. The minimum atomic E-state index is -4.94. The van der Waals surface area contributed by atoms with Crippen molar-refractivity contribution in [1.82, 2.24) is 5.32 Å². The summed E-state index contributed by atoms with van der Waals surface area (Å²) in [5, 5.41) is 12.0. The summed E-state index contributed by atoms with van der Waals surface area (Å²) in [6.07, 6.45) is 19.0. The maximum atomic E-state index is 11.8. The lowest BCUT2D eigenvalue weighted by molar-refractivity contribution is -2.00. The molecule has 0 bridgehead atoms. The maximum Gasteiger partial charge on any atom is 0.219 e. The third-order valence-corrected chi connectivity index (χ3v) is 5.48. The highest BCUT2D eigenvalue weighted by Crippen LogP contribution is 2.12. The molecule has 0 fully saturated rings. The molecule has 1 amide bonds. The molecule has 0 rings (SSSR count). The first-order chi connectivity index (χ1) is 15.0. The fourth-order valence-corrected chi connectivity index (χ4v) is 3.51. The highest BCUT2D eigenvalue weighted by atomic mass is 35.7. The number of rotatable bonds is 20. The SMILES string of the molecule is CCCCCCCCCCCCCCCC(=O)NCCC[N+](C)(C)CCO.[O-][Cl+3]([O-])([O-])[O-]. The van der Waals surface area contributed by atoms with Crippen LogP contribution in [0.15, 0.2) is 0 Å². The van der Waals surface area contributed by atoms with Crippen LogP contribution in [0, 0.1) is 10.2 Å². The Morgan fingerprint density at radius 2 is 1.16 bits per heavy atom. The van der Waals surface area contributed by atoms with Gasteiger partial charge in [-0.25, -0.2) is 18.6 Å². The summed E-state index contributed by atoms with van der Waals surface area (Å²) in [6.45, 7) is 5.00. The number of hydrogen-bond donors (Lipinski definition) is 2. The van der Waals surface area contributed by atoms with E-state index < -0.39 is 10.2 Å². The number of hydrogen-bond acceptors (Lipinski definition) is 6. The molecule has 0 aliphatic heterocycles. The largest absolute Gasteiger partial charge is 0.391 e. The van der Waals surface area contributed by atoms with E-state index in [0.717, 1.165) is 37.0 Å². The molecule has 9 heteroatoms. The number of halogens is 1. The Hall–Kier alpha value is -0.480. The lowest BCUT2D eigenvalue weighted by Crippen LogP contribution is -2.68. The first kappa shape index (κ1) is 33.7. The molecule has 0 aliphatic rings. The van der Waals surface area contributed by atoms with Crippen LogP contribution in [-0.2, 0) is 4.79 Å². The number of quaternary nitrogens is 1. The molecule has 8 nitrogen and oxygen atoms in total. The van der Waals surface area contributed by atoms with Gasteiger partial charge in [-0.2, -0.15) is 0 Å². The lowest BCUT2D eigenvalue weighted by Gasteiger charge is -2.28. The molecule has 32 heavy (non-hydrogen) atoms. The van der Waals surface area contributed by atoms with E-state index in [1.807, 2.05) is 0 Å². The third kappa shape index (κ3) is 34.1. The van der Waals surface area contributed by atoms with Gasteiger partial charge in [-0.1, -0.05) is 84.0 Å². The number of aliphatic hydroxyl groups is 1. The van der Waals surface area contributed by atoms with Crippen molar-refractivity contribution in [2.75, 3.05) is 40.3 Å². The van der Waals surface area contributed by atoms with Crippen molar-refractivity contribution < 1.29 is 43.3 Å². The summed E-state index contributed by atoms with van der Waals surface area (Å²) in [6, 6.07) is 0. The fraction of sp³-hybridized carbons (Fsp3) is 0.957. The van der Waals surface area contributed by atoms with Crippen LogP contribution in [0.4, 0.5) is 0 Å². The van der Waals surface area contributed by atoms with Gasteiger partial charge in [0.25, 0.3) is 0 Å². The van der Waals surface area contributed by atoms with E-state index in [1.165, 1.54) is 77.0 Å². The molecule has 0 unspecified atom stereocenters. The van der Waals surface area contributed by atoms with Gasteiger partial charge in [-0.15, -0.1) is 10.2 Å². The summed E-state index contributed by atoms with van der Waals surface area (Å²) in [5.74, 6) is 0.200. The van der Waals surface area contributed by atoms with Crippen molar-refractivity contribution in [1.29, 1.82) is 0 Å². The number of nitrogens with one attached hydrogen (secondary N) is 1. The summed E-state index contributed by atoms with van der Waals surface area (Å²) >= 11 is 0. The molecule has 0 aromatic carbocycles. The van der Waals surface area contributed by atoms with Gasteiger partial charge < -0.3 is 14.9 Å². The second-order valence-corrected chi connectivity index (χ2v) is 9.94. The Kier molecular flexibility index (Phi) is 23.5. The molecule has 0 aliphatic carbocycles. The van der Waals surface area contributed by atoms with E-state index >= 15 is 0 Å². The molecule has 0 atom stereocenters. The van der Waals surface area contributed by atoms with Crippen molar-refractivity contribution in [3.63, 3.8) is 0 Å². The quantitative estimate of drug-likeness (QED) is 0.188. The normalized spacial score (nSPS) is 11.8. The number of likely N-dealkylation sites (N-methyl/N-ethyl adjacent to an activating group) is 1. The molecule has 0 saturated carbocycles. The first-order valence-corrected chi connectivity index (χ1v) is 13.6. The fourth-order valence-electron chi connectivity index (χ4n) is 3.51. The van der Waals surface area contributed by atoms with Crippen molar-refractivity contribution in [3.05, 3.63) is 0 Å². The molecule has 2 N–H and O–H groups in total. The molecular formula is C23H49ClN2O6. The van der Waals surface area contributed by atoms with Crippen LogP contribution >= 0.6 is 0 Å². The van der Waals surface area contributed by atoms with Gasteiger partial charge >= 0.3 is 0 Å². The Morgan fingerprint density at radius 3 is 1.56 bits per heavy atom. The summed E-state index contributed by atoms with van der Waals surface area (Å²) in [5.41, 5.74) is 0. The van der Waals surface area contributed by atoms with Crippen LogP contribution in [0.1, 0.15) is 103 Å². The summed E-state index contributed by atoms with van der Waals surface area (Å²) in [4.78, 5) is 11.8. The van der Waals surface area contributed by atoms with Crippen molar-refractivity contribution in [2.24, 2.45) is 0 Å². The lowest BCUT2D eigenvalue weighted by atomic mass is 10.0. The van der Waals surface area contributed by atoms with Gasteiger partial charge in [0.05, 0.1) is 27.2 Å². The molecular weight excluding hydrogens is 436 g/mol. The zero-order chi connectivity index (χ0) is 24.7. The van der Waals surface area contributed by atoms with Crippen LogP contribution in [0.5, 0.6) is 0 Å². The van der Waals surface area contributed by atoms with E-state index in [-0.39, 0.29) is 12.5 Å². The van der Waals surface area contributed by atoms with Gasteiger partial charge in [0.15, 0.2) is 0 Å². The molecule has 0 aromatic rings. The molecule has 0 saturated heterocycles. The average molecular weight is 485 g/mol. The van der Waals surface area contributed by atoms with Crippen LogP contribution in [-0.4, -0.2) is 55.8 Å². The highest BCUT2D eigenvalue weighted by Gasteiger charge is 2.13. The van der Waals surface area contributed by atoms with Gasteiger partial charge in [0.1, 0.15) is 6.54 Å². The minimum absolute atomic E-state index is 0.200. The zero-order valence-corrected chi connectivity index (χ0v) is 21.5. The maximum absolute atomic E-state index is 11.8. The predicted octanol–water partition coefficient (Wildman–Crippen LogP) is 0.287. The van der Waals surface area contributed by atoms with Crippen LogP contribution in [0.2, 0.25) is 0 Å². The highest BCUT2D eigenvalue weighted by molar-refractivity contribution is 5.75. The number of aliphatic hydroxyl groups excluding tert-OH is 1. The van der Waals surface area contributed by atoms with E-state index in [1.54, 1.807) is 0 Å². The van der Waals surface area contributed by atoms with Gasteiger partial charge in [0, 0.05) is 19.4 Å². The van der Waals surface area contributed by atoms with E-state index in [4.69, 9.17) is 23.7 Å². The second kappa shape index (κ2) is 22.3. The van der Waals surface area contributed by atoms with Gasteiger partial charge in [-0.05, 0) is 6.42 Å². The number of unbranched alkanes of at least 4 members (excludes halogenated alkanes) is 12. The molecule has 0 radical (unpaired) electrons. The average Bonchev–Trinajstić information content (AvgIpc) is 2.67. The molecule has 194 valence electrons. The van der Waals surface area contributed by atoms with Crippen LogP contribution in [0.3, 0.4) is 0 Å². The standard InChI is InChI=1S/C23H48N2O2.ClHO4/c1-4-5-6-7-8-9-10-11-12-13-14-15-16-18-23(27)24-19-17-20-25(2,3)21-22-26;2-1(3,4)5/h26H,4-22H2,1-3H3;(H,2,3,4,5). The van der Waals surface area contributed by atoms with Crippen molar-refractivity contribution in [3.8, 4) is 0 Å². The topological polar surface area (TPSA) is 142 Å². The summed E-state index contributed by atoms with van der Waals surface area (Å²) < 4.78 is 34.8. The first-order valence-electron chi connectivity index (χ1n) is 12.3. The predicted molar refractivity (Wildman–Crippen MR) is 117 cm³/mol. The van der Waals surface area contributed by atoms with Gasteiger partial charge in [-0.3, -0.25) is 4.79 Å². The number of carbonyl (C=O) groups is 1. The molecule has 0 spiro atoms. The zero-order valence-electron chi connectivity index (χ0n) is 20.7. The monoisotopic (exact) mass is 484 g/mol. The van der Waals surface area contributed by atoms with E-state index in [0.29, 0.717) is 6.42 Å². The van der Waals surface area contributed by atoms with Crippen molar-refractivity contribution in [2.45, 2.75) is 103 Å².